The van der Waals surface area contributed by atoms with Crippen LogP contribution in [0.25, 0.3) is 0 Å². The van der Waals surface area contributed by atoms with Crippen LogP contribution in [0.2, 0.25) is 0 Å². The van der Waals surface area contributed by atoms with Crippen LogP contribution in [0.15, 0.2) is 48.6 Å². The third-order valence-corrected chi connectivity index (χ3v) is 15.8. The van der Waals surface area contributed by atoms with E-state index in [2.05, 4.69) is 62.5 Å². The van der Waals surface area contributed by atoms with E-state index >= 15 is 0 Å². The van der Waals surface area contributed by atoms with Crippen LogP contribution in [0.1, 0.15) is 341 Å². The Morgan fingerprint density at radius 1 is 0.378 bits per heavy atom. The van der Waals surface area contributed by atoms with E-state index in [0.717, 1.165) is 64.2 Å². The third kappa shape index (κ3) is 64.8. The van der Waals surface area contributed by atoms with Crippen molar-refractivity contribution in [2.45, 2.75) is 354 Å². The van der Waals surface area contributed by atoms with E-state index in [1.165, 1.54) is 250 Å². The molecule has 0 N–H and O–H groups in total. The number of carbonyl (C=O) groups is 3. The van der Waals surface area contributed by atoms with Crippen molar-refractivity contribution in [3.8, 4) is 0 Å². The number of esters is 2. The lowest BCUT2D eigenvalue weighted by Crippen LogP contribution is -2.44. The average molecular weight is 1150 g/mol. The van der Waals surface area contributed by atoms with E-state index in [-0.39, 0.29) is 32.2 Å². The smallest absolute Gasteiger partial charge is 0.306 e. The number of unbranched alkanes of at least 4 members (excludes halogenated alkanes) is 43. The van der Waals surface area contributed by atoms with Crippen molar-refractivity contribution >= 4 is 17.9 Å². The average Bonchev–Trinajstić information content (AvgIpc) is 3.45. The van der Waals surface area contributed by atoms with Crippen molar-refractivity contribution in [3.63, 3.8) is 0 Å². The molecule has 0 saturated carbocycles. The molecule has 480 valence electrons. The fourth-order valence-corrected chi connectivity index (χ4v) is 10.5. The molecule has 0 aliphatic heterocycles. The summed E-state index contributed by atoms with van der Waals surface area (Å²) in [5.41, 5.74) is 0. The van der Waals surface area contributed by atoms with Crippen LogP contribution in [0, 0.1) is 0 Å². The molecule has 0 amide bonds. The zero-order chi connectivity index (χ0) is 59.8. The number of nitrogens with zero attached hydrogens (tertiary/aromatic N) is 1. The minimum absolute atomic E-state index is 0.151. The maximum atomic E-state index is 12.9. The maximum absolute atomic E-state index is 12.9. The molecule has 2 unspecified atom stereocenters. The number of allylic oxidation sites excluding steroid dienone is 8. The Hall–Kier alpha value is -2.75. The van der Waals surface area contributed by atoms with Gasteiger partial charge in [-0.1, -0.05) is 326 Å². The van der Waals surface area contributed by atoms with Gasteiger partial charge < -0.3 is 33.3 Å². The molecule has 0 spiro atoms. The van der Waals surface area contributed by atoms with Crippen molar-refractivity contribution in [1.82, 2.24) is 0 Å². The van der Waals surface area contributed by atoms with Gasteiger partial charge in [-0.15, -0.1) is 0 Å². The molecule has 0 aromatic rings. The van der Waals surface area contributed by atoms with Crippen molar-refractivity contribution in [2.24, 2.45) is 0 Å². The first-order valence-corrected chi connectivity index (χ1v) is 35.3. The molecule has 9 heteroatoms. The van der Waals surface area contributed by atoms with Crippen LogP contribution < -0.4 is 5.11 Å². The van der Waals surface area contributed by atoms with E-state index < -0.39 is 24.3 Å². The Bertz CT molecular complexity index is 1480. The summed E-state index contributed by atoms with van der Waals surface area (Å²) < 4.78 is 22.8. The molecule has 0 radical (unpaired) electrons. The van der Waals surface area contributed by atoms with Gasteiger partial charge in [0.1, 0.15) is 13.2 Å². The molecule has 0 rings (SSSR count). The molecule has 0 heterocycles. The Balaban J connectivity index is 3.91. The molecule has 0 aromatic heterocycles. The third-order valence-electron chi connectivity index (χ3n) is 15.8. The van der Waals surface area contributed by atoms with E-state index in [4.69, 9.17) is 18.9 Å². The second kappa shape index (κ2) is 64.3. The number of ether oxygens (including phenoxy) is 4. The fourth-order valence-electron chi connectivity index (χ4n) is 10.5. The first kappa shape index (κ1) is 79.2. The van der Waals surface area contributed by atoms with Crippen molar-refractivity contribution in [1.29, 1.82) is 0 Å². The van der Waals surface area contributed by atoms with Crippen molar-refractivity contribution < 1.29 is 42.9 Å². The summed E-state index contributed by atoms with van der Waals surface area (Å²) in [6.45, 7) is 4.69. The molecule has 0 aliphatic carbocycles. The summed E-state index contributed by atoms with van der Waals surface area (Å²) in [5, 5.41) is 11.8. The minimum Gasteiger partial charge on any atom is -0.545 e. The van der Waals surface area contributed by atoms with Gasteiger partial charge in [-0.25, -0.2) is 0 Å². The number of rotatable bonds is 66. The number of quaternary nitrogens is 1. The topological polar surface area (TPSA) is 111 Å². The predicted octanol–water partition coefficient (Wildman–Crippen LogP) is 20.4. The highest BCUT2D eigenvalue weighted by molar-refractivity contribution is 5.70. The largest absolute Gasteiger partial charge is 0.545 e. The van der Waals surface area contributed by atoms with Gasteiger partial charge in [0.25, 0.3) is 0 Å². The van der Waals surface area contributed by atoms with Crippen molar-refractivity contribution in [3.05, 3.63) is 48.6 Å². The Morgan fingerprint density at radius 2 is 0.695 bits per heavy atom. The second-order valence-electron chi connectivity index (χ2n) is 25.2. The SMILES string of the molecule is CC/C=C\C/C=C\C/C=C\C/C=C\CCCCCCCCCCCCCCCCCCCCCCCCCCCCCCC(=O)OC(COC(=O)CCCCCCCCCCCCCCCCCC)COC(OCC[N+](C)(C)C)C(=O)[O-]. The molecule has 0 fully saturated rings. The lowest BCUT2D eigenvalue weighted by molar-refractivity contribution is -0.870. The maximum Gasteiger partial charge on any atom is 0.306 e. The zero-order valence-electron chi connectivity index (χ0n) is 54.9. The molecule has 0 saturated heterocycles. The highest BCUT2D eigenvalue weighted by atomic mass is 16.7. The first-order chi connectivity index (χ1) is 40.1. The fraction of sp³-hybridized carbons (Fsp3) is 0.849. The van der Waals surface area contributed by atoms with Crippen LogP contribution in [-0.4, -0.2) is 82.3 Å². The molecule has 0 aliphatic rings. The number of hydrogen-bond acceptors (Lipinski definition) is 8. The van der Waals surface area contributed by atoms with Crippen LogP contribution in [0.4, 0.5) is 0 Å². The van der Waals surface area contributed by atoms with Gasteiger partial charge in [0, 0.05) is 12.8 Å². The normalized spacial score (nSPS) is 12.9. The summed E-state index contributed by atoms with van der Waals surface area (Å²) >= 11 is 0. The summed E-state index contributed by atoms with van der Waals surface area (Å²) in [7, 11) is 5.94. The number of carboxylic acid groups (broad SMARTS) is 1. The van der Waals surface area contributed by atoms with Crippen LogP contribution >= 0.6 is 0 Å². The first-order valence-electron chi connectivity index (χ1n) is 35.3. The lowest BCUT2D eigenvalue weighted by atomic mass is 10.0. The molecular weight excluding hydrogens is 1020 g/mol. The molecule has 9 nitrogen and oxygen atoms in total. The minimum atomic E-state index is -1.62. The number of carboxylic acids is 1. The Morgan fingerprint density at radius 3 is 1.04 bits per heavy atom. The standard InChI is InChI=1S/C73H135NO8/c1-6-8-10-12-14-16-18-20-22-24-25-26-27-28-29-30-31-32-33-34-35-36-37-38-39-40-41-42-43-44-45-46-47-48-50-52-54-56-58-60-62-64-71(76)82-69(68-81-73(72(77)78)79-66-65-74(3,4)5)67-80-70(75)63-61-59-57-55-53-51-49-23-21-19-17-15-13-11-9-7-2/h8,10,14,16,20,22,25-26,69,73H,6-7,9,11-13,15,17-19,21,23-24,27-68H2,1-5H3/b10-8-,16-14-,22-20-,26-25-. The molecular formula is C73H135NO8. The van der Waals surface area contributed by atoms with Crippen LogP contribution in [-0.2, 0) is 33.3 Å². The summed E-state index contributed by atoms with van der Waals surface area (Å²) in [5.74, 6) is -2.25. The zero-order valence-corrected chi connectivity index (χ0v) is 54.9. The summed E-state index contributed by atoms with van der Waals surface area (Å²) in [4.78, 5) is 37.4. The van der Waals surface area contributed by atoms with Crippen LogP contribution in [0.3, 0.4) is 0 Å². The molecule has 0 bridgehead atoms. The van der Waals surface area contributed by atoms with E-state index in [1.807, 2.05) is 21.1 Å². The lowest BCUT2D eigenvalue weighted by Gasteiger charge is -2.26. The molecule has 0 aromatic carbocycles. The molecule has 82 heavy (non-hydrogen) atoms. The van der Waals surface area contributed by atoms with Crippen molar-refractivity contribution in [2.75, 3.05) is 47.5 Å². The molecule has 2 atom stereocenters. The van der Waals surface area contributed by atoms with Gasteiger partial charge in [-0.3, -0.25) is 9.59 Å². The predicted molar refractivity (Wildman–Crippen MR) is 348 cm³/mol. The number of likely N-dealkylation sites (N-methyl/N-ethyl adjacent to an activating group) is 1. The summed E-state index contributed by atoms with van der Waals surface area (Å²) in [6.07, 6.45) is 79.3. The van der Waals surface area contributed by atoms with E-state index in [0.29, 0.717) is 17.4 Å². The number of aliphatic carboxylic acids is 1. The van der Waals surface area contributed by atoms with Crippen LogP contribution in [0.5, 0.6) is 0 Å². The number of carbonyl (C=O) groups excluding carboxylic acids is 3. The van der Waals surface area contributed by atoms with Gasteiger partial charge in [-0.05, 0) is 51.4 Å². The quantitative estimate of drug-likeness (QED) is 0.0195. The van der Waals surface area contributed by atoms with Gasteiger partial charge >= 0.3 is 11.9 Å². The van der Waals surface area contributed by atoms with Gasteiger partial charge in [0.15, 0.2) is 12.4 Å². The Labute approximate surface area is 508 Å². The monoisotopic (exact) mass is 1150 g/mol. The van der Waals surface area contributed by atoms with E-state index in [1.54, 1.807) is 0 Å². The number of hydrogen-bond donors (Lipinski definition) is 0. The van der Waals surface area contributed by atoms with E-state index in [9.17, 15) is 19.5 Å². The summed E-state index contributed by atoms with van der Waals surface area (Å²) in [6, 6.07) is 0. The van der Waals surface area contributed by atoms with Gasteiger partial charge in [0.05, 0.1) is 40.3 Å². The Kier molecular flexibility index (Phi) is 62.1. The highest BCUT2D eigenvalue weighted by Crippen LogP contribution is 2.19. The second-order valence-corrected chi connectivity index (χ2v) is 25.2. The van der Waals surface area contributed by atoms with Gasteiger partial charge in [-0.2, -0.15) is 0 Å². The highest BCUT2D eigenvalue weighted by Gasteiger charge is 2.22. The van der Waals surface area contributed by atoms with Gasteiger partial charge in [0.2, 0.25) is 0 Å².